The second-order valence-corrected chi connectivity index (χ2v) is 6.93. The summed E-state index contributed by atoms with van der Waals surface area (Å²) in [6.45, 7) is 10.4. The van der Waals surface area contributed by atoms with Crippen molar-refractivity contribution < 1.29 is 4.79 Å². The third-order valence-corrected chi connectivity index (χ3v) is 4.43. The van der Waals surface area contributed by atoms with E-state index in [9.17, 15) is 4.79 Å². The molecule has 4 nitrogen and oxygen atoms in total. The number of carbonyl (C=O) groups excluding carboxylic acids is 1. The molecule has 1 heterocycles. The van der Waals surface area contributed by atoms with Gasteiger partial charge in [-0.25, -0.2) is 0 Å². The molecule has 1 amide bonds. The number of rotatable bonds is 2. The lowest BCUT2D eigenvalue weighted by atomic mass is 9.75. The van der Waals surface area contributed by atoms with Gasteiger partial charge in [0.1, 0.15) is 0 Å². The zero-order valence-corrected chi connectivity index (χ0v) is 12.0. The van der Waals surface area contributed by atoms with Crippen LogP contribution in [0.4, 0.5) is 0 Å². The number of hydrogen-bond donors (Lipinski definition) is 1. The first kappa shape index (κ1) is 13.8. The molecule has 1 saturated heterocycles. The Balaban J connectivity index is 1.80. The first-order valence-electron chi connectivity index (χ1n) is 7.12. The van der Waals surface area contributed by atoms with Crippen LogP contribution in [-0.4, -0.2) is 53.0 Å². The quantitative estimate of drug-likeness (QED) is 0.804. The average Bonchev–Trinajstić information content (AvgIpc) is 2.26. The molecule has 1 aliphatic carbocycles. The van der Waals surface area contributed by atoms with Crippen LogP contribution in [0.5, 0.6) is 0 Å². The van der Waals surface area contributed by atoms with Gasteiger partial charge in [-0.05, 0) is 40.0 Å². The summed E-state index contributed by atoms with van der Waals surface area (Å²) in [5, 5.41) is 0. The van der Waals surface area contributed by atoms with Gasteiger partial charge in [0.25, 0.3) is 0 Å². The highest BCUT2D eigenvalue weighted by atomic mass is 16.2. The predicted octanol–water partition coefficient (Wildman–Crippen LogP) is 1.20. The van der Waals surface area contributed by atoms with Gasteiger partial charge in [0.2, 0.25) is 5.91 Å². The van der Waals surface area contributed by atoms with Crippen molar-refractivity contribution in [3.8, 4) is 0 Å². The van der Waals surface area contributed by atoms with E-state index in [1.54, 1.807) is 0 Å². The summed E-state index contributed by atoms with van der Waals surface area (Å²) in [4.78, 5) is 16.6. The molecule has 0 atom stereocenters. The number of piperazine rings is 1. The fourth-order valence-corrected chi connectivity index (χ4v) is 2.85. The zero-order chi connectivity index (χ0) is 13.4. The van der Waals surface area contributed by atoms with E-state index < -0.39 is 0 Å². The number of hydrogen-bond acceptors (Lipinski definition) is 3. The van der Waals surface area contributed by atoms with Crippen molar-refractivity contribution in [1.82, 2.24) is 9.80 Å². The highest BCUT2D eigenvalue weighted by Gasteiger charge is 2.37. The third-order valence-electron chi connectivity index (χ3n) is 4.43. The SMILES string of the molecule is CC(C)(C)N1CCN(C(=O)CC2(N)CCC2)CC1. The van der Waals surface area contributed by atoms with Crippen LogP contribution in [-0.2, 0) is 4.79 Å². The molecule has 0 radical (unpaired) electrons. The van der Waals surface area contributed by atoms with Gasteiger partial charge in [-0.15, -0.1) is 0 Å². The Kier molecular flexibility index (Phi) is 3.70. The molecule has 0 bridgehead atoms. The van der Waals surface area contributed by atoms with Crippen molar-refractivity contribution in [1.29, 1.82) is 0 Å². The summed E-state index contributed by atoms with van der Waals surface area (Å²) in [7, 11) is 0. The molecule has 104 valence electrons. The normalized spacial score (nSPS) is 24.8. The van der Waals surface area contributed by atoms with Crippen molar-refractivity contribution >= 4 is 5.91 Å². The maximum absolute atomic E-state index is 12.2. The zero-order valence-electron chi connectivity index (χ0n) is 12.0. The minimum absolute atomic E-state index is 0.182. The van der Waals surface area contributed by atoms with Crippen LogP contribution >= 0.6 is 0 Å². The number of nitrogens with zero attached hydrogens (tertiary/aromatic N) is 2. The van der Waals surface area contributed by atoms with Gasteiger partial charge in [0, 0.05) is 43.7 Å². The van der Waals surface area contributed by atoms with Crippen molar-refractivity contribution in [3.05, 3.63) is 0 Å². The van der Waals surface area contributed by atoms with E-state index in [1.807, 2.05) is 4.90 Å². The van der Waals surface area contributed by atoms with Crippen molar-refractivity contribution in [2.24, 2.45) is 5.73 Å². The highest BCUT2D eigenvalue weighted by Crippen LogP contribution is 2.32. The summed E-state index contributed by atoms with van der Waals surface area (Å²) in [6.07, 6.45) is 3.76. The molecule has 2 fully saturated rings. The molecule has 4 heteroatoms. The van der Waals surface area contributed by atoms with Crippen molar-refractivity contribution in [2.45, 2.75) is 57.5 Å². The molecule has 0 aromatic heterocycles. The predicted molar refractivity (Wildman–Crippen MR) is 73.3 cm³/mol. The first-order chi connectivity index (χ1) is 8.30. The highest BCUT2D eigenvalue weighted by molar-refractivity contribution is 5.77. The molecular formula is C14H27N3O. The Morgan fingerprint density at radius 1 is 1.17 bits per heavy atom. The summed E-state index contributed by atoms with van der Waals surface area (Å²) in [5.74, 6) is 0.255. The minimum Gasteiger partial charge on any atom is -0.340 e. The van der Waals surface area contributed by atoms with Crippen molar-refractivity contribution in [3.63, 3.8) is 0 Å². The van der Waals surface area contributed by atoms with Gasteiger partial charge in [0.05, 0.1) is 0 Å². The Morgan fingerprint density at radius 2 is 1.72 bits per heavy atom. The number of amides is 1. The largest absolute Gasteiger partial charge is 0.340 e. The molecule has 18 heavy (non-hydrogen) atoms. The van der Waals surface area contributed by atoms with Crippen LogP contribution in [0.15, 0.2) is 0 Å². The standard InChI is InChI=1S/C14H27N3O/c1-13(2,3)17-9-7-16(8-10-17)12(18)11-14(15)5-4-6-14/h4-11,15H2,1-3H3. The molecule has 2 aliphatic rings. The molecule has 2 rings (SSSR count). The van der Waals surface area contributed by atoms with E-state index in [2.05, 4.69) is 25.7 Å². The Hall–Kier alpha value is -0.610. The van der Waals surface area contributed by atoms with Gasteiger partial charge < -0.3 is 10.6 Å². The smallest absolute Gasteiger partial charge is 0.224 e. The first-order valence-corrected chi connectivity index (χ1v) is 7.12. The van der Waals surface area contributed by atoms with Crippen LogP contribution in [0.1, 0.15) is 46.5 Å². The third kappa shape index (κ3) is 3.04. The van der Waals surface area contributed by atoms with E-state index in [0.717, 1.165) is 39.0 Å². The topological polar surface area (TPSA) is 49.6 Å². The molecule has 0 aromatic rings. The van der Waals surface area contributed by atoms with E-state index in [-0.39, 0.29) is 17.0 Å². The van der Waals surface area contributed by atoms with Crippen LogP contribution in [0, 0.1) is 0 Å². The van der Waals surface area contributed by atoms with Gasteiger partial charge in [-0.2, -0.15) is 0 Å². The fourth-order valence-electron chi connectivity index (χ4n) is 2.85. The molecule has 2 N–H and O–H groups in total. The Bertz CT molecular complexity index is 309. The number of nitrogens with two attached hydrogens (primary N) is 1. The van der Waals surface area contributed by atoms with Crippen LogP contribution in [0.2, 0.25) is 0 Å². The van der Waals surface area contributed by atoms with Crippen LogP contribution in [0.25, 0.3) is 0 Å². The molecule has 1 saturated carbocycles. The molecular weight excluding hydrogens is 226 g/mol. The van der Waals surface area contributed by atoms with E-state index in [1.165, 1.54) is 6.42 Å². The van der Waals surface area contributed by atoms with E-state index in [0.29, 0.717) is 6.42 Å². The molecule has 0 aromatic carbocycles. The van der Waals surface area contributed by atoms with Crippen LogP contribution in [0.3, 0.4) is 0 Å². The minimum atomic E-state index is -0.182. The maximum Gasteiger partial charge on any atom is 0.224 e. The van der Waals surface area contributed by atoms with Gasteiger partial charge in [-0.3, -0.25) is 9.69 Å². The molecule has 1 aliphatic heterocycles. The van der Waals surface area contributed by atoms with E-state index in [4.69, 9.17) is 5.73 Å². The monoisotopic (exact) mass is 253 g/mol. The number of carbonyl (C=O) groups is 1. The van der Waals surface area contributed by atoms with Crippen molar-refractivity contribution in [2.75, 3.05) is 26.2 Å². The summed E-state index contributed by atoms with van der Waals surface area (Å²) in [6, 6.07) is 0. The average molecular weight is 253 g/mol. The Labute approximate surface area is 110 Å². The lowest BCUT2D eigenvalue weighted by Gasteiger charge is -2.44. The van der Waals surface area contributed by atoms with E-state index >= 15 is 0 Å². The lowest BCUT2D eigenvalue weighted by Crippen LogP contribution is -2.57. The van der Waals surface area contributed by atoms with Gasteiger partial charge >= 0.3 is 0 Å². The summed E-state index contributed by atoms with van der Waals surface area (Å²) in [5.41, 5.74) is 6.17. The second kappa shape index (κ2) is 4.82. The lowest BCUT2D eigenvalue weighted by molar-refractivity contribution is -0.135. The molecule has 0 spiro atoms. The maximum atomic E-state index is 12.2. The summed E-state index contributed by atoms with van der Waals surface area (Å²) < 4.78 is 0. The Morgan fingerprint density at radius 3 is 2.11 bits per heavy atom. The summed E-state index contributed by atoms with van der Waals surface area (Å²) >= 11 is 0. The second-order valence-electron chi connectivity index (χ2n) is 6.93. The van der Waals surface area contributed by atoms with Gasteiger partial charge in [0.15, 0.2) is 0 Å². The molecule has 0 unspecified atom stereocenters. The van der Waals surface area contributed by atoms with Gasteiger partial charge in [-0.1, -0.05) is 0 Å². The van der Waals surface area contributed by atoms with Crippen LogP contribution < -0.4 is 5.73 Å². The fraction of sp³-hybridized carbons (Fsp3) is 0.929.